The molecular formula is C21H24N4O2. The molecule has 0 atom stereocenters. The van der Waals surface area contributed by atoms with Gasteiger partial charge in [-0.15, -0.1) is 0 Å². The molecule has 3 aromatic rings. The second kappa shape index (κ2) is 6.61. The zero-order chi connectivity index (χ0) is 19.1. The number of nitrogens with zero attached hydrogens (tertiary/aromatic N) is 3. The van der Waals surface area contributed by atoms with E-state index in [1.165, 1.54) is 0 Å². The Bertz CT molecular complexity index is 1020. The monoisotopic (exact) mass is 364 g/mol. The van der Waals surface area contributed by atoms with Crippen LogP contribution in [-0.2, 0) is 18.2 Å². The fourth-order valence-corrected chi connectivity index (χ4v) is 3.66. The summed E-state index contributed by atoms with van der Waals surface area (Å²) in [6.45, 7) is 5.14. The number of hydrogen-bond acceptors (Lipinski definition) is 4. The number of anilines is 2. The molecule has 140 valence electrons. The molecule has 0 radical (unpaired) electrons. The van der Waals surface area contributed by atoms with E-state index in [1.807, 2.05) is 45.2 Å². The van der Waals surface area contributed by atoms with E-state index in [4.69, 9.17) is 10.5 Å². The Labute approximate surface area is 158 Å². The maximum Gasteiger partial charge on any atom is 0.414 e. The minimum absolute atomic E-state index is 0.270. The third kappa shape index (κ3) is 3.01. The standard InChI is InChI=1S/C21H24N4O2/c1-13(2)12-27-21(26)25-10-9-15-11-14(7-8-17(15)25)16-5-4-6-18-19(16)20(22)23-24(18)3/h4-8,11,13H,9-10,12H2,1-3H3,(H2,22,23). The van der Waals surface area contributed by atoms with Crippen LogP contribution >= 0.6 is 0 Å². The quantitative estimate of drug-likeness (QED) is 0.763. The molecule has 0 saturated carbocycles. The first-order valence-corrected chi connectivity index (χ1v) is 9.24. The minimum Gasteiger partial charge on any atom is -0.449 e. The molecule has 2 heterocycles. The van der Waals surface area contributed by atoms with Crippen LogP contribution in [0.1, 0.15) is 19.4 Å². The molecule has 0 aliphatic carbocycles. The van der Waals surface area contributed by atoms with E-state index >= 15 is 0 Å². The van der Waals surface area contributed by atoms with E-state index < -0.39 is 0 Å². The van der Waals surface area contributed by atoms with Crippen molar-refractivity contribution >= 4 is 28.5 Å². The van der Waals surface area contributed by atoms with Crippen molar-refractivity contribution in [2.45, 2.75) is 20.3 Å². The molecule has 0 bridgehead atoms. The number of nitrogen functional groups attached to an aromatic ring is 1. The number of aryl methyl sites for hydroxylation is 1. The summed E-state index contributed by atoms with van der Waals surface area (Å²) in [4.78, 5) is 14.1. The fourth-order valence-electron chi connectivity index (χ4n) is 3.66. The van der Waals surface area contributed by atoms with Crippen LogP contribution in [-0.4, -0.2) is 29.0 Å². The summed E-state index contributed by atoms with van der Waals surface area (Å²) >= 11 is 0. The van der Waals surface area contributed by atoms with E-state index in [0.29, 0.717) is 24.9 Å². The van der Waals surface area contributed by atoms with Gasteiger partial charge in [-0.3, -0.25) is 9.58 Å². The normalized spacial score (nSPS) is 13.4. The average Bonchev–Trinajstić information content (AvgIpc) is 3.20. The van der Waals surface area contributed by atoms with Crippen LogP contribution in [0.3, 0.4) is 0 Å². The summed E-state index contributed by atoms with van der Waals surface area (Å²) in [5.41, 5.74) is 11.4. The molecule has 1 aliphatic heterocycles. The highest BCUT2D eigenvalue weighted by Gasteiger charge is 2.26. The van der Waals surface area contributed by atoms with Crippen molar-refractivity contribution in [1.29, 1.82) is 0 Å². The molecule has 2 N–H and O–H groups in total. The second-order valence-electron chi connectivity index (χ2n) is 7.42. The second-order valence-corrected chi connectivity index (χ2v) is 7.42. The molecule has 0 spiro atoms. The van der Waals surface area contributed by atoms with E-state index in [-0.39, 0.29) is 6.09 Å². The van der Waals surface area contributed by atoms with Crippen molar-refractivity contribution in [1.82, 2.24) is 9.78 Å². The Morgan fingerprint density at radius 3 is 2.89 bits per heavy atom. The SMILES string of the molecule is CC(C)COC(=O)N1CCc2cc(-c3cccc4c3c(N)nn4C)ccc21. The fraction of sp³-hybridized carbons (Fsp3) is 0.333. The highest BCUT2D eigenvalue weighted by Crippen LogP contribution is 2.36. The molecule has 1 aromatic heterocycles. The number of carbonyl (C=O) groups is 1. The third-order valence-electron chi connectivity index (χ3n) is 4.95. The Morgan fingerprint density at radius 2 is 2.11 bits per heavy atom. The number of carbonyl (C=O) groups excluding carboxylic acids is 1. The Balaban J connectivity index is 1.68. The molecule has 27 heavy (non-hydrogen) atoms. The van der Waals surface area contributed by atoms with Crippen LogP contribution in [0, 0.1) is 5.92 Å². The van der Waals surface area contributed by atoms with Crippen LogP contribution in [0.25, 0.3) is 22.0 Å². The van der Waals surface area contributed by atoms with Crippen LogP contribution in [0.2, 0.25) is 0 Å². The summed E-state index contributed by atoms with van der Waals surface area (Å²) in [7, 11) is 1.89. The minimum atomic E-state index is -0.270. The number of amides is 1. The molecule has 2 aromatic carbocycles. The largest absolute Gasteiger partial charge is 0.449 e. The molecule has 6 heteroatoms. The maximum absolute atomic E-state index is 12.4. The highest BCUT2D eigenvalue weighted by atomic mass is 16.6. The Morgan fingerprint density at radius 1 is 1.30 bits per heavy atom. The molecule has 0 fully saturated rings. The lowest BCUT2D eigenvalue weighted by atomic mass is 9.98. The van der Waals surface area contributed by atoms with Gasteiger partial charge in [0.1, 0.15) is 0 Å². The molecule has 1 aliphatic rings. The van der Waals surface area contributed by atoms with Gasteiger partial charge >= 0.3 is 6.09 Å². The zero-order valence-corrected chi connectivity index (χ0v) is 15.9. The van der Waals surface area contributed by atoms with Crippen molar-refractivity contribution in [3.8, 4) is 11.1 Å². The van der Waals surface area contributed by atoms with Crippen molar-refractivity contribution in [2.75, 3.05) is 23.8 Å². The lowest BCUT2D eigenvalue weighted by Crippen LogP contribution is -2.30. The number of hydrogen-bond donors (Lipinski definition) is 1. The van der Waals surface area contributed by atoms with Crippen LogP contribution in [0.4, 0.5) is 16.3 Å². The van der Waals surface area contributed by atoms with Crippen molar-refractivity contribution in [3.05, 3.63) is 42.0 Å². The van der Waals surface area contributed by atoms with Crippen LogP contribution in [0.5, 0.6) is 0 Å². The van der Waals surface area contributed by atoms with Crippen molar-refractivity contribution in [2.24, 2.45) is 13.0 Å². The van der Waals surface area contributed by atoms with E-state index in [1.54, 1.807) is 9.58 Å². The summed E-state index contributed by atoms with van der Waals surface area (Å²) in [6, 6.07) is 12.3. The van der Waals surface area contributed by atoms with Crippen molar-refractivity contribution in [3.63, 3.8) is 0 Å². The van der Waals surface area contributed by atoms with Gasteiger partial charge < -0.3 is 10.5 Å². The van der Waals surface area contributed by atoms with Gasteiger partial charge in [0.25, 0.3) is 0 Å². The third-order valence-corrected chi connectivity index (χ3v) is 4.95. The summed E-state index contributed by atoms with van der Waals surface area (Å²) < 4.78 is 7.19. The smallest absolute Gasteiger partial charge is 0.414 e. The van der Waals surface area contributed by atoms with Crippen LogP contribution < -0.4 is 10.6 Å². The summed E-state index contributed by atoms with van der Waals surface area (Å²) in [6.07, 6.45) is 0.548. The predicted molar refractivity (Wildman–Crippen MR) is 108 cm³/mol. The first kappa shape index (κ1) is 17.4. The summed E-state index contributed by atoms with van der Waals surface area (Å²) in [5.74, 6) is 0.853. The summed E-state index contributed by atoms with van der Waals surface area (Å²) in [5, 5.41) is 5.31. The molecule has 0 unspecified atom stereocenters. The van der Waals surface area contributed by atoms with Gasteiger partial charge in [-0.25, -0.2) is 4.79 Å². The lowest BCUT2D eigenvalue weighted by molar-refractivity contribution is 0.140. The Kier molecular flexibility index (Phi) is 4.26. The topological polar surface area (TPSA) is 73.4 Å². The van der Waals surface area contributed by atoms with E-state index in [2.05, 4.69) is 17.2 Å². The first-order chi connectivity index (χ1) is 13.0. The number of benzene rings is 2. The first-order valence-electron chi connectivity index (χ1n) is 9.24. The zero-order valence-electron chi connectivity index (χ0n) is 15.9. The lowest BCUT2D eigenvalue weighted by Gasteiger charge is -2.18. The van der Waals surface area contributed by atoms with Gasteiger partial charge in [-0.1, -0.05) is 32.0 Å². The number of fused-ring (bicyclic) bond motifs is 2. The number of rotatable bonds is 3. The van der Waals surface area contributed by atoms with Gasteiger partial charge in [0, 0.05) is 13.6 Å². The van der Waals surface area contributed by atoms with Gasteiger partial charge in [-0.2, -0.15) is 5.10 Å². The van der Waals surface area contributed by atoms with E-state index in [9.17, 15) is 4.79 Å². The molecule has 4 rings (SSSR count). The highest BCUT2D eigenvalue weighted by molar-refractivity contribution is 6.02. The van der Waals surface area contributed by atoms with Crippen molar-refractivity contribution < 1.29 is 9.53 Å². The van der Waals surface area contributed by atoms with Gasteiger partial charge in [0.2, 0.25) is 0 Å². The maximum atomic E-state index is 12.4. The molecular weight excluding hydrogens is 340 g/mol. The number of ether oxygens (including phenoxy) is 1. The van der Waals surface area contributed by atoms with Gasteiger partial charge in [-0.05, 0) is 47.2 Å². The van der Waals surface area contributed by atoms with Gasteiger partial charge in [0.15, 0.2) is 5.82 Å². The van der Waals surface area contributed by atoms with Gasteiger partial charge in [0.05, 0.1) is 23.2 Å². The van der Waals surface area contributed by atoms with E-state index in [0.717, 1.165) is 39.7 Å². The average molecular weight is 364 g/mol. The molecule has 0 saturated heterocycles. The number of aromatic nitrogens is 2. The molecule has 1 amide bonds. The number of nitrogens with two attached hydrogens (primary N) is 1. The van der Waals surface area contributed by atoms with Crippen LogP contribution in [0.15, 0.2) is 36.4 Å². The molecule has 6 nitrogen and oxygen atoms in total. The Hall–Kier alpha value is -3.02. The predicted octanol–water partition coefficient (Wildman–Crippen LogP) is 3.98.